The number of fused-ring (bicyclic) bond motifs is 1. The molecule has 1 saturated heterocycles. The van der Waals surface area contributed by atoms with Crippen LogP contribution in [0.1, 0.15) is 16.8 Å². The van der Waals surface area contributed by atoms with E-state index in [1.807, 2.05) is 0 Å². The highest BCUT2D eigenvalue weighted by Gasteiger charge is 2.28. The van der Waals surface area contributed by atoms with Crippen LogP contribution in [0, 0.1) is 11.6 Å². The molecule has 0 aliphatic carbocycles. The van der Waals surface area contributed by atoms with Crippen LogP contribution < -0.4 is 10.6 Å². The van der Waals surface area contributed by atoms with Crippen molar-refractivity contribution in [1.82, 2.24) is 14.9 Å². The van der Waals surface area contributed by atoms with Crippen LogP contribution in [0.25, 0.3) is 10.9 Å². The van der Waals surface area contributed by atoms with Crippen LogP contribution in [0.2, 0.25) is 0 Å². The van der Waals surface area contributed by atoms with Crippen molar-refractivity contribution in [2.75, 3.05) is 23.7 Å². The third kappa shape index (κ3) is 4.50. The molecule has 0 saturated carbocycles. The quantitative estimate of drug-likeness (QED) is 0.615. The van der Waals surface area contributed by atoms with Crippen LogP contribution in [0.4, 0.5) is 20.4 Å². The maximum Gasteiger partial charge on any atom is 0.254 e. The lowest BCUT2D eigenvalue weighted by Gasteiger charge is -2.18. The molecule has 2 heterocycles. The lowest BCUT2D eigenvalue weighted by atomic mass is 10.1. The molecular weight excluding hydrogens is 404 g/mol. The Morgan fingerprint density at radius 1 is 1.19 bits per heavy atom. The molecule has 1 fully saturated rings. The topological polar surface area (TPSA) is 87.2 Å². The maximum atomic E-state index is 14.2. The van der Waals surface area contributed by atoms with Crippen LogP contribution in [-0.2, 0) is 4.79 Å². The summed E-state index contributed by atoms with van der Waals surface area (Å²) < 4.78 is 27.5. The Kier molecular flexibility index (Phi) is 5.57. The van der Waals surface area contributed by atoms with Gasteiger partial charge in [-0.3, -0.25) is 9.59 Å². The molecule has 3 aromatic rings. The van der Waals surface area contributed by atoms with Crippen molar-refractivity contribution < 1.29 is 18.4 Å². The number of likely N-dealkylation sites (tertiary alicyclic amines) is 1. The van der Waals surface area contributed by atoms with Gasteiger partial charge in [0.25, 0.3) is 5.91 Å². The van der Waals surface area contributed by atoms with Crippen LogP contribution in [0.15, 0.2) is 55.3 Å². The predicted octanol–water partition coefficient (Wildman–Crippen LogP) is 3.36. The van der Waals surface area contributed by atoms with Crippen LogP contribution in [-0.4, -0.2) is 45.8 Å². The fourth-order valence-electron chi connectivity index (χ4n) is 3.43. The van der Waals surface area contributed by atoms with Crippen LogP contribution >= 0.6 is 0 Å². The Balaban J connectivity index is 1.41. The lowest BCUT2D eigenvalue weighted by molar-refractivity contribution is -0.111. The second kappa shape index (κ2) is 8.47. The number of carbonyl (C=O) groups is 2. The molecule has 1 atom stereocenters. The van der Waals surface area contributed by atoms with Crippen molar-refractivity contribution in [1.29, 1.82) is 0 Å². The fourth-order valence-corrected chi connectivity index (χ4v) is 3.43. The van der Waals surface area contributed by atoms with Gasteiger partial charge in [0.05, 0.1) is 11.2 Å². The summed E-state index contributed by atoms with van der Waals surface area (Å²) in [6.07, 6.45) is 3.25. The largest absolute Gasteiger partial charge is 0.350 e. The van der Waals surface area contributed by atoms with Gasteiger partial charge in [-0.05, 0) is 48.9 Å². The summed E-state index contributed by atoms with van der Waals surface area (Å²) in [5, 5.41) is 6.14. The Hall–Kier alpha value is -3.88. The van der Waals surface area contributed by atoms with E-state index in [-0.39, 0.29) is 29.0 Å². The number of nitrogens with zero attached hydrogens (tertiary/aromatic N) is 3. The van der Waals surface area contributed by atoms with Gasteiger partial charge in [-0.1, -0.05) is 6.58 Å². The zero-order chi connectivity index (χ0) is 22.0. The summed E-state index contributed by atoms with van der Waals surface area (Å²) >= 11 is 0. The van der Waals surface area contributed by atoms with Crippen molar-refractivity contribution in [3.8, 4) is 0 Å². The third-order valence-electron chi connectivity index (χ3n) is 5.01. The second-order valence-corrected chi connectivity index (χ2v) is 7.17. The van der Waals surface area contributed by atoms with E-state index >= 15 is 0 Å². The lowest BCUT2D eigenvalue weighted by Crippen LogP contribution is -2.32. The average molecular weight is 423 g/mol. The van der Waals surface area contributed by atoms with E-state index in [1.54, 1.807) is 17.2 Å². The highest BCUT2D eigenvalue weighted by atomic mass is 19.1. The van der Waals surface area contributed by atoms with Gasteiger partial charge < -0.3 is 15.5 Å². The molecule has 31 heavy (non-hydrogen) atoms. The van der Waals surface area contributed by atoms with E-state index in [4.69, 9.17) is 0 Å². The van der Waals surface area contributed by atoms with Gasteiger partial charge in [0.15, 0.2) is 0 Å². The summed E-state index contributed by atoms with van der Waals surface area (Å²) in [5.41, 5.74) is 0.790. The minimum atomic E-state index is -0.698. The third-order valence-corrected chi connectivity index (χ3v) is 5.01. The summed E-state index contributed by atoms with van der Waals surface area (Å²) in [6, 6.07) is 8.13. The number of carbonyl (C=O) groups excluding carboxylic acids is 2. The van der Waals surface area contributed by atoms with Gasteiger partial charge in [-0.15, -0.1) is 0 Å². The first-order valence-corrected chi connectivity index (χ1v) is 9.64. The minimum Gasteiger partial charge on any atom is -0.350 e. The zero-order valence-corrected chi connectivity index (χ0v) is 16.4. The highest BCUT2D eigenvalue weighted by molar-refractivity contribution is 6.00. The number of benzene rings is 2. The summed E-state index contributed by atoms with van der Waals surface area (Å²) in [5.74, 6) is -1.50. The summed E-state index contributed by atoms with van der Waals surface area (Å²) in [7, 11) is 0. The number of halogens is 2. The van der Waals surface area contributed by atoms with Crippen LogP contribution in [0.5, 0.6) is 0 Å². The maximum absolute atomic E-state index is 14.2. The number of hydrogen-bond acceptors (Lipinski definition) is 5. The number of nitrogens with one attached hydrogen (secondary N) is 2. The SMILES string of the molecule is C=CC(=O)Nc1ccc(C(=O)N2CC[C@@H](Nc3ncc4cc(F)ccc4n3)C2)cc1F. The minimum absolute atomic E-state index is 0.0178. The summed E-state index contributed by atoms with van der Waals surface area (Å²) in [6.45, 7) is 4.21. The normalized spacial score (nSPS) is 15.7. The fraction of sp³-hybridized carbons (Fsp3) is 0.182. The molecule has 2 aromatic carbocycles. The van der Waals surface area contributed by atoms with E-state index in [1.165, 1.54) is 24.3 Å². The molecule has 0 bridgehead atoms. The molecule has 4 rings (SSSR count). The van der Waals surface area contributed by atoms with Crippen molar-refractivity contribution in [3.05, 3.63) is 72.4 Å². The number of hydrogen-bond donors (Lipinski definition) is 2. The molecular formula is C22H19F2N5O2. The van der Waals surface area contributed by atoms with E-state index in [0.717, 1.165) is 12.1 Å². The number of rotatable bonds is 5. The molecule has 1 aromatic heterocycles. The molecule has 0 spiro atoms. The van der Waals surface area contributed by atoms with E-state index < -0.39 is 11.7 Å². The van der Waals surface area contributed by atoms with Crippen molar-refractivity contribution in [3.63, 3.8) is 0 Å². The van der Waals surface area contributed by atoms with Crippen LogP contribution in [0.3, 0.4) is 0 Å². The Morgan fingerprint density at radius 2 is 2.03 bits per heavy atom. The Bertz CT molecular complexity index is 1180. The number of anilines is 2. The smallest absolute Gasteiger partial charge is 0.254 e. The van der Waals surface area contributed by atoms with Gasteiger partial charge in [0, 0.05) is 36.3 Å². The average Bonchev–Trinajstić information content (AvgIpc) is 3.23. The molecule has 2 amide bonds. The molecule has 0 unspecified atom stereocenters. The van der Waals surface area contributed by atoms with Gasteiger partial charge in [-0.2, -0.15) is 0 Å². The molecule has 158 valence electrons. The van der Waals surface area contributed by atoms with E-state index in [0.29, 0.717) is 36.4 Å². The first-order valence-electron chi connectivity index (χ1n) is 9.64. The van der Waals surface area contributed by atoms with E-state index in [2.05, 4.69) is 27.2 Å². The van der Waals surface area contributed by atoms with Gasteiger partial charge in [-0.25, -0.2) is 18.7 Å². The molecule has 1 aliphatic rings. The Labute approximate surface area is 176 Å². The molecule has 9 heteroatoms. The van der Waals surface area contributed by atoms with Crippen molar-refractivity contribution in [2.45, 2.75) is 12.5 Å². The molecule has 0 radical (unpaired) electrons. The first kappa shape index (κ1) is 20.4. The predicted molar refractivity (Wildman–Crippen MR) is 113 cm³/mol. The van der Waals surface area contributed by atoms with Gasteiger partial charge >= 0.3 is 0 Å². The van der Waals surface area contributed by atoms with E-state index in [9.17, 15) is 18.4 Å². The number of aromatic nitrogens is 2. The Morgan fingerprint density at radius 3 is 2.81 bits per heavy atom. The number of amides is 2. The van der Waals surface area contributed by atoms with Crippen molar-refractivity contribution >= 4 is 34.4 Å². The standard InChI is InChI=1S/C22H19F2N5O2/c1-2-20(30)27-19-5-3-13(10-17(19)24)21(31)29-8-7-16(12-29)26-22-25-11-14-9-15(23)4-6-18(14)28-22/h2-6,9-11,16H,1,7-8,12H2,(H,27,30)(H,25,26,28)/t16-/m1/s1. The summed E-state index contributed by atoms with van der Waals surface area (Å²) in [4.78, 5) is 34.3. The second-order valence-electron chi connectivity index (χ2n) is 7.17. The molecule has 1 aliphatic heterocycles. The molecule has 2 N–H and O–H groups in total. The van der Waals surface area contributed by atoms with Gasteiger partial charge in [0.1, 0.15) is 11.6 Å². The highest BCUT2D eigenvalue weighted by Crippen LogP contribution is 2.21. The monoisotopic (exact) mass is 423 g/mol. The molecule has 7 nitrogen and oxygen atoms in total. The van der Waals surface area contributed by atoms with Gasteiger partial charge in [0.2, 0.25) is 11.9 Å². The first-order chi connectivity index (χ1) is 14.9. The van der Waals surface area contributed by atoms with Crippen molar-refractivity contribution in [2.24, 2.45) is 0 Å². The zero-order valence-electron chi connectivity index (χ0n) is 16.4.